The highest BCUT2D eigenvalue weighted by atomic mass is 32.2. The Labute approximate surface area is 169 Å². The minimum atomic E-state index is -3.78. The number of aliphatic hydroxyl groups excluding tert-OH is 1. The number of nitrogens with zero attached hydrogens (tertiary/aromatic N) is 1. The van der Waals surface area contributed by atoms with Gasteiger partial charge in [0.1, 0.15) is 12.4 Å². The number of benzene rings is 3. The van der Waals surface area contributed by atoms with Gasteiger partial charge in [0, 0.05) is 11.1 Å². The molecule has 0 spiro atoms. The molecule has 0 aliphatic rings. The molecule has 0 fully saturated rings. The van der Waals surface area contributed by atoms with Gasteiger partial charge < -0.3 is 9.84 Å². The van der Waals surface area contributed by atoms with Gasteiger partial charge in [0.15, 0.2) is 0 Å². The maximum atomic E-state index is 13.3. The van der Waals surface area contributed by atoms with Crippen molar-refractivity contribution >= 4 is 20.9 Å². The average Bonchev–Trinajstić information content (AvgIpc) is 3.09. The molecule has 3 aromatic carbocycles. The molecule has 6 heteroatoms. The smallest absolute Gasteiger partial charge is 0.268 e. The maximum Gasteiger partial charge on any atom is 0.268 e. The Morgan fingerprint density at radius 1 is 0.897 bits per heavy atom. The van der Waals surface area contributed by atoms with E-state index in [1.165, 1.54) is 3.97 Å². The molecule has 0 radical (unpaired) electrons. The fourth-order valence-corrected chi connectivity index (χ4v) is 4.95. The standard InChI is InChI=1S/C23H21NO4S/c1-17-12-21-22(24(17)29(26,27)20-10-6-3-7-11-20)13-19(15-25)14-23(21)28-16-18-8-4-2-5-9-18/h2-14,25H,15-16H2,1H3. The normalized spacial score (nSPS) is 11.7. The Hall–Kier alpha value is -3.09. The van der Waals surface area contributed by atoms with E-state index in [4.69, 9.17) is 4.74 Å². The van der Waals surface area contributed by atoms with E-state index < -0.39 is 10.0 Å². The van der Waals surface area contributed by atoms with Gasteiger partial charge in [-0.15, -0.1) is 0 Å². The van der Waals surface area contributed by atoms with Crippen LogP contribution in [0.5, 0.6) is 5.75 Å². The lowest BCUT2D eigenvalue weighted by atomic mass is 10.1. The third-order valence-corrected chi connectivity index (χ3v) is 6.61. The Bertz CT molecular complexity index is 1250. The topological polar surface area (TPSA) is 68.5 Å². The van der Waals surface area contributed by atoms with E-state index in [0.717, 1.165) is 5.56 Å². The summed E-state index contributed by atoms with van der Waals surface area (Å²) in [7, 11) is -3.78. The van der Waals surface area contributed by atoms with Gasteiger partial charge in [0.25, 0.3) is 10.0 Å². The molecule has 29 heavy (non-hydrogen) atoms. The second-order valence-corrected chi connectivity index (χ2v) is 8.61. The van der Waals surface area contributed by atoms with E-state index in [2.05, 4.69) is 0 Å². The molecule has 4 aromatic rings. The molecule has 0 aliphatic carbocycles. The molecular formula is C23H21NO4S. The average molecular weight is 407 g/mol. The lowest BCUT2D eigenvalue weighted by Crippen LogP contribution is -2.14. The number of fused-ring (bicyclic) bond motifs is 1. The highest BCUT2D eigenvalue weighted by Gasteiger charge is 2.23. The van der Waals surface area contributed by atoms with Crippen LogP contribution in [0.25, 0.3) is 10.9 Å². The van der Waals surface area contributed by atoms with Crippen LogP contribution in [0.15, 0.2) is 83.8 Å². The SMILES string of the molecule is Cc1cc2c(OCc3ccccc3)cc(CO)cc2n1S(=O)(=O)c1ccccc1. The number of aromatic nitrogens is 1. The molecule has 0 bridgehead atoms. The fraction of sp³-hybridized carbons (Fsp3) is 0.130. The summed E-state index contributed by atoms with van der Waals surface area (Å²) in [5.41, 5.74) is 2.65. The van der Waals surface area contributed by atoms with Gasteiger partial charge in [-0.2, -0.15) is 0 Å². The first-order chi connectivity index (χ1) is 14.0. The van der Waals surface area contributed by atoms with Crippen molar-refractivity contribution in [2.24, 2.45) is 0 Å². The van der Waals surface area contributed by atoms with Crippen LogP contribution in [-0.4, -0.2) is 17.5 Å². The van der Waals surface area contributed by atoms with Crippen LogP contribution < -0.4 is 4.74 Å². The van der Waals surface area contributed by atoms with E-state index in [-0.39, 0.29) is 11.5 Å². The molecule has 1 N–H and O–H groups in total. The minimum absolute atomic E-state index is 0.210. The van der Waals surface area contributed by atoms with Crippen LogP contribution in [0.2, 0.25) is 0 Å². The second kappa shape index (κ2) is 7.73. The summed E-state index contributed by atoms with van der Waals surface area (Å²) < 4.78 is 33.9. The first-order valence-electron chi connectivity index (χ1n) is 9.24. The van der Waals surface area contributed by atoms with E-state index in [9.17, 15) is 13.5 Å². The fourth-order valence-electron chi connectivity index (χ4n) is 3.40. The van der Waals surface area contributed by atoms with Crippen LogP contribution in [0.4, 0.5) is 0 Å². The molecular weight excluding hydrogens is 386 g/mol. The third-order valence-electron chi connectivity index (χ3n) is 4.77. The largest absolute Gasteiger partial charge is 0.488 e. The van der Waals surface area contributed by atoms with Crippen LogP contribution >= 0.6 is 0 Å². The van der Waals surface area contributed by atoms with Crippen LogP contribution in [-0.2, 0) is 23.2 Å². The van der Waals surface area contributed by atoms with Gasteiger partial charge in [0.05, 0.1) is 17.0 Å². The van der Waals surface area contributed by atoms with E-state index in [1.807, 2.05) is 30.3 Å². The number of hydrogen-bond donors (Lipinski definition) is 1. The van der Waals surface area contributed by atoms with Crippen molar-refractivity contribution in [1.82, 2.24) is 3.97 Å². The number of aryl methyl sites for hydroxylation is 1. The zero-order valence-electron chi connectivity index (χ0n) is 15.9. The number of ether oxygens (including phenoxy) is 1. The van der Waals surface area contributed by atoms with Crippen molar-refractivity contribution in [3.05, 3.63) is 95.7 Å². The van der Waals surface area contributed by atoms with Crippen molar-refractivity contribution in [1.29, 1.82) is 0 Å². The van der Waals surface area contributed by atoms with Crippen molar-refractivity contribution < 1.29 is 18.3 Å². The van der Waals surface area contributed by atoms with E-state index in [1.54, 1.807) is 55.5 Å². The molecule has 0 aliphatic heterocycles. The van der Waals surface area contributed by atoms with Crippen molar-refractivity contribution in [2.75, 3.05) is 0 Å². The van der Waals surface area contributed by atoms with E-state index >= 15 is 0 Å². The predicted molar refractivity (Wildman–Crippen MR) is 112 cm³/mol. The Morgan fingerprint density at radius 3 is 2.21 bits per heavy atom. The van der Waals surface area contributed by atoms with Gasteiger partial charge in [-0.3, -0.25) is 0 Å². The number of aliphatic hydroxyl groups is 1. The van der Waals surface area contributed by atoms with Gasteiger partial charge in [-0.25, -0.2) is 12.4 Å². The molecule has 0 saturated heterocycles. The Kier molecular flexibility index (Phi) is 5.13. The highest BCUT2D eigenvalue weighted by molar-refractivity contribution is 7.90. The molecule has 0 atom stereocenters. The van der Waals surface area contributed by atoms with Crippen molar-refractivity contribution in [3.8, 4) is 5.75 Å². The van der Waals surface area contributed by atoms with Crippen LogP contribution in [0.1, 0.15) is 16.8 Å². The quantitative estimate of drug-likeness (QED) is 0.519. The maximum absolute atomic E-state index is 13.3. The van der Waals surface area contributed by atoms with Gasteiger partial charge in [-0.05, 0) is 48.4 Å². The molecule has 0 amide bonds. The second-order valence-electron chi connectivity index (χ2n) is 6.83. The first kappa shape index (κ1) is 19.2. The zero-order chi connectivity index (χ0) is 20.4. The predicted octanol–water partition coefficient (Wildman–Crippen LogP) is 4.26. The van der Waals surface area contributed by atoms with E-state index in [0.29, 0.717) is 34.5 Å². The first-order valence-corrected chi connectivity index (χ1v) is 10.7. The summed E-state index contributed by atoms with van der Waals surface area (Å²) in [4.78, 5) is 0.210. The lowest BCUT2D eigenvalue weighted by molar-refractivity contribution is 0.279. The summed E-state index contributed by atoms with van der Waals surface area (Å²) in [6.07, 6.45) is 0. The number of rotatable bonds is 6. The lowest BCUT2D eigenvalue weighted by Gasteiger charge is -2.13. The molecule has 0 unspecified atom stereocenters. The van der Waals surface area contributed by atoms with Crippen LogP contribution in [0, 0.1) is 6.92 Å². The molecule has 0 saturated carbocycles. The molecule has 4 rings (SSSR count). The van der Waals surface area contributed by atoms with Gasteiger partial charge in [0.2, 0.25) is 0 Å². The molecule has 148 valence electrons. The summed E-state index contributed by atoms with van der Waals surface area (Å²) in [6, 6.07) is 23.3. The van der Waals surface area contributed by atoms with Crippen LogP contribution in [0.3, 0.4) is 0 Å². The van der Waals surface area contributed by atoms with Gasteiger partial charge >= 0.3 is 0 Å². The summed E-state index contributed by atoms with van der Waals surface area (Å²) in [5.74, 6) is 0.542. The minimum Gasteiger partial charge on any atom is -0.488 e. The van der Waals surface area contributed by atoms with Gasteiger partial charge in [-0.1, -0.05) is 48.5 Å². The van der Waals surface area contributed by atoms with Crippen molar-refractivity contribution in [3.63, 3.8) is 0 Å². The summed E-state index contributed by atoms with van der Waals surface area (Å²) in [5, 5.41) is 10.4. The Balaban J connectivity index is 1.84. The highest BCUT2D eigenvalue weighted by Crippen LogP contribution is 2.33. The number of hydrogen-bond acceptors (Lipinski definition) is 4. The molecule has 1 heterocycles. The third kappa shape index (κ3) is 3.64. The Morgan fingerprint density at radius 2 is 1.55 bits per heavy atom. The monoisotopic (exact) mass is 407 g/mol. The molecule has 1 aromatic heterocycles. The zero-order valence-corrected chi connectivity index (χ0v) is 16.8. The molecule has 5 nitrogen and oxygen atoms in total. The summed E-state index contributed by atoms with van der Waals surface area (Å²) >= 11 is 0. The van der Waals surface area contributed by atoms with Crippen molar-refractivity contribution in [2.45, 2.75) is 25.0 Å². The summed E-state index contributed by atoms with van der Waals surface area (Å²) in [6.45, 7) is 1.88.